The number of amides is 4. The standard InChI is InChI=1S/C42H52N8O6/c1-24(2)34(47-40(53)55-5)37(51)49-19-7-8-33(49)36-43-21-31(45-36)29-13-9-27(10-14-29)28-11-15-30(16-12-28)32-22-44-39(46-32)42-18-17-26(20-42)23-50(42)38(52)35(25(3)4)48-41(54)56-6/h9-16,21-22,24-26,33-35H,7-8,17-20,23H2,1-6H3,(H,43,45)(H,44,46)(H,47,53)(H,48,54)/t26-,33-,34-,35-,42-/m0/s1. The summed E-state index contributed by atoms with van der Waals surface area (Å²) >= 11 is 0. The Morgan fingerprint density at radius 1 is 0.750 bits per heavy atom. The van der Waals surface area contributed by atoms with Crippen LogP contribution in [0.4, 0.5) is 9.59 Å². The number of carbonyl (C=O) groups is 4. The fraction of sp³-hybridized carbons (Fsp3) is 0.476. The van der Waals surface area contributed by atoms with Gasteiger partial charge >= 0.3 is 12.2 Å². The Balaban J connectivity index is 1.03. The first kappa shape index (κ1) is 38.6. The first-order chi connectivity index (χ1) is 26.9. The van der Waals surface area contributed by atoms with Crippen molar-refractivity contribution < 1.29 is 28.7 Å². The summed E-state index contributed by atoms with van der Waals surface area (Å²) in [4.78, 5) is 71.7. The Morgan fingerprint density at radius 3 is 1.84 bits per heavy atom. The summed E-state index contributed by atoms with van der Waals surface area (Å²) < 4.78 is 9.57. The van der Waals surface area contributed by atoms with Crippen LogP contribution in [0, 0.1) is 17.8 Å². The van der Waals surface area contributed by atoms with Gasteiger partial charge in [-0.25, -0.2) is 19.6 Å². The Kier molecular flexibility index (Phi) is 10.9. The van der Waals surface area contributed by atoms with Gasteiger partial charge in [0.2, 0.25) is 11.8 Å². The van der Waals surface area contributed by atoms with E-state index in [0.29, 0.717) is 19.0 Å². The van der Waals surface area contributed by atoms with Gasteiger partial charge in [-0.3, -0.25) is 9.59 Å². The minimum absolute atomic E-state index is 0.104. The summed E-state index contributed by atoms with van der Waals surface area (Å²) in [6, 6.07) is 15.0. The van der Waals surface area contributed by atoms with Crippen LogP contribution in [-0.2, 0) is 24.6 Å². The average molecular weight is 765 g/mol. The third kappa shape index (κ3) is 7.36. The lowest BCUT2D eigenvalue weighted by Gasteiger charge is -2.40. The highest BCUT2D eigenvalue weighted by atomic mass is 16.5. The van der Waals surface area contributed by atoms with Crippen molar-refractivity contribution in [3.63, 3.8) is 0 Å². The second-order valence-corrected chi connectivity index (χ2v) is 16.0. The molecule has 2 aromatic heterocycles. The summed E-state index contributed by atoms with van der Waals surface area (Å²) in [5.41, 5.74) is 5.30. The first-order valence-electron chi connectivity index (χ1n) is 19.5. The number of nitrogens with one attached hydrogen (secondary N) is 4. The lowest BCUT2D eigenvalue weighted by Crippen LogP contribution is -2.56. The molecule has 4 amide bonds. The van der Waals surface area contributed by atoms with E-state index < -0.39 is 29.8 Å². The highest BCUT2D eigenvalue weighted by molar-refractivity contribution is 5.87. The molecular formula is C42H52N8O6. The number of aromatic nitrogens is 4. The molecule has 5 atom stereocenters. The van der Waals surface area contributed by atoms with E-state index in [-0.39, 0.29) is 29.7 Å². The van der Waals surface area contributed by atoms with Gasteiger partial charge in [-0.05, 0) is 72.1 Å². The van der Waals surface area contributed by atoms with E-state index in [1.807, 2.05) is 43.7 Å². The van der Waals surface area contributed by atoms with Crippen LogP contribution in [0.15, 0.2) is 60.9 Å². The maximum atomic E-state index is 13.9. The van der Waals surface area contributed by atoms with Crippen molar-refractivity contribution in [2.75, 3.05) is 27.3 Å². The molecule has 3 aliphatic rings. The summed E-state index contributed by atoms with van der Waals surface area (Å²) in [6.45, 7) is 8.89. The van der Waals surface area contributed by atoms with Gasteiger partial charge < -0.3 is 39.9 Å². The third-order valence-corrected chi connectivity index (χ3v) is 11.8. The molecule has 14 heteroatoms. The zero-order valence-corrected chi connectivity index (χ0v) is 32.9. The number of hydrogen-bond donors (Lipinski definition) is 4. The largest absolute Gasteiger partial charge is 0.453 e. The van der Waals surface area contributed by atoms with Crippen LogP contribution in [0.3, 0.4) is 0 Å². The molecule has 0 unspecified atom stereocenters. The van der Waals surface area contributed by atoms with Crippen molar-refractivity contribution in [2.45, 2.75) is 83.5 Å². The quantitative estimate of drug-likeness (QED) is 0.136. The molecule has 1 saturated carbocycles. The molecule has 14 nitrogen and oxygen atoms in total. The van der Waals surface area contributed by atoms with Crippen molar-refractivity contribution in [3.05, 3.63) is 72.6 Å². The number of rotatable bonds is 11. The zero-order chi connectivity index (χ0) is 39.7. The van der Waals surface area contributed by atoms with Crippen LogP contribution in [0.5, 0.6) is 0 Å². The molecule has 7 rings (SSSR count). The fourth-order valence-corrected chi connectivity index (χ4v) is 8.70. The van der Waals surface area contributed by atoms with Crippen molar-refractivity contribution in [1.82, 2.24) is 40.4 Å². The van der Waals surface area contributed by atoms with Crippen molar-refractivity contribution >= 4 is 24.0 Å². The Bertz CT molecular complexity index is 2060. The van der Waals surface area contributed by atoms with Gasteiger partial charge in [0.1, 0.15) is 29.3 Å². The van der Waals surface area contributed by atoms with Gasteiger partial charge in [0.25, 0.3) is 0 Å². The van der Waals surface area contributed by atoms with Crippen molar-refractivity contribution in [2.24, 2.45) is 17.8 Å². The molecule has 296 valence electrons. The van der Waals surface area contributed by atoms with E-state index in [9.17, 15) is 19.2 Å². The molecule has 56 heavy (non-hydrogen) atoms. The van der Waals surface area contributed by atoms with Crippen LogP contribution in [0.25, 0.3) is 33.6 Å². The molecule has 0 spiro atoms. The Morgan fingerprint density at radius 2 is 1.29 bits per heavy atom. The van der Waals surface area contributed by atoms with E-state index in [4.69, 9.17) is 14.5 Å². The zero-order valence-electron chi connectivity index (χ0n) is 32.9. The minimum atomic E-state index is -0.687. The fourth-order valence-electron chi connectivity index (χ4n) is 8.70. The van der Waals surface area contributed by atoms with E-state index in [2.05, 4.69) is 74.1 Å². The van der Waals surface area contributed by atoms with E-state index >= 15 is 0 Å². The molecule has 2 saturated heterocycles. The number of hydrogen-bond acceptors (Lipinski definition) is 8. The Labute approximate surface area is 327 Å². The molecule has 4 heterocycles. The number of carbonyl (C=O) groups excluding carboxylic acids is 4. The molecule has 2 bridgehead atoms. The molecule has 2 aliphatic heterocycles. The Hall–Kier alpha value is -5.66. The molecular weight excluding hydrogens is 713 g/mol. The lowest BCUT2D eigenvalue weighted by molar-refractivity contribution is -0.140. The number of H-pyrrole nitrogens is 2. The number of ether oxygens (including phenoxy) is 2. The highest BCUT2D eigenvalue weighted by Crippen LogP contribution is 2.52. The summed E-state index contributed by atoms with van der Waals surface area (Å²) in [7, 11) is 2.59. The van der Waals surface area contributed by atoms with Gasteiger partial charge in [0.05, 0.1) is 44.0 Å². The topological polar surface area (TPSA) is 175 Å². The molecule has 2 aromatic carbocycles. The summed E-state index contributed by atoms with van der Waals surface area (Å²) in [6.07, 6.45) is 6.74. The number of benzene rings is 2. The predicted molar refractivity (Wildman–Crippen MR) is 210 cm³/mol. The van der Waals surface area contributed by atoms with Crippen molar-refractivity contribution in [1.29, 1.82) is 0 Å². The number of aromatic amines is 2. The number of alkyl carbamates (subject to hydrolysis) is 2. The van der Waals surface area contributed by atoms with Crippen molar-refractivity contribution in [3.8, 4) is 33.6 Å². The van der Waals surface area contributed by atoms with Crippen LogP contribution < -0.4 is 10.6 Å². The smallest absolute Gasteiger partial charge is 0.407 e. The normalized spacial score (nSPS) is 21.4. The number of fused-ring (bicyclic) bond motifs is 2. The molecule has 4 aromatic rings. The van der Waals surface area contributed by atoms with Crippen LogP contribution in [0.2, 0.25) is 0 Å². The van der Waals surface area contributed by atoms with Crippen LogP contribution in [-0.4, -0.2) is 93.1 Å². The summed E-state index contributed by atoms with van der Waals surface area (Å²) in [5.74, 6) is 1.45. The maximum Gasteiger partial charge on any atom is 0.407 e. The highest BCUT2D eigenvalue weighted by Gasteiger charge is 2.56. The molecule has 3 fully saturated rings. The third-order valence-electron chi connectivity index (χ3n) is 11.8. The van der Waals surface area contributed by atoms with Crippen LogP contribution in [0.1, 0.15) is 77.5 Å². The van der Waals surface area contributed by atoms with Gasteiger partial charge in [0, 0.05) is 13.1 Å². The average Bonchev–Trinajstić information content (AvgIpc) is 4.06. The molecule has 1 aliphatic carbocycles. The van der Waals surface area contributed by atoms with E-state index in [1.54, 1.807) is 6.20 Å². The second kappa shape index (κ2) is 15.8. The molecule has 0 radical (unpaired) electrons. The van der Waals surface area contributed by atoms with Gasteiger partial charge in [-0.1, -0.05) is 76.2 Å². The lowest BCUT2D eigenvalue weighted by atomic mass is 9.93. The number of likely N-dealkylation sites (tertiary alicyclic amines) is 2. The SMILES string of the molecule is COC(=O)N[C@H](C(=O)N1CCC[C@H]1c1ncc(-c2ccc(-c3ccc(-c4cnc([C@@]56CC[C@H](CN5C(=O)[C@@H](NC(=O)OC)C(C)C)C6)[nH]4)cc3)cc2)[nH]1)C(C)C. The van der Waals surface area contributed by atoms with E-state index in [1.165, 1.54) is 14.2 Å². The van der Waals surface area contributed by atoms with Crippen LogP contribution >= 0.6 is 0 Å². The van der Waals surface area contributed by atoms with E-state index in [0.717, 1.165) is 77.4 Å². The number of imidazole rings is 2. The number of piperidine rings is 1. The predicted octanol–water partition coefficient (Wildman–Crippen LogP) is 6.40. The maximum absolute atomic E-state index is 13.9. The van der Waals surface area contributed by atoms with Gasteiger partial charge in [-0.15, -0.1) is 0 Å². The van der Waals surface area contributed by atoms with Gasteiger partial charge in [0.15, 0.2) is 0 Å². The summed E-state index contributed by atoms with van der Waals surface area (Å²) in [5, 5.41) is 5.44. The monoisotopic (exact) mass is 764 g/mol. The number of nitrogens with zero attached hydrogens (tertiary/aromatic N) is 4. The number of methoxy groups -OCH3 is 2. The first-order valence-corrected chi connectivity index (χ1v) is 19.5. The minimum Gasteiger partial charge on any atom is -0.453 e. The molecule has 4 N–H and O–H groups in total. The van der Waals surface area contributed by atoms with Gasteiger partial charge in [-0.2, -0.15) is 0 Å². The second-order valence-electron chi connectivity index (χ2n) is 16.0.